The first kappa shape index (κ1) is 20.7. The summed E-state index contributed by atoms with van der Waals surface area (Å²) in [6.07, 6.45) is -2.54. The van der Waals surface area contributed by atoms with Gasteiger partial charge in [-0.05, 0) is 20.8 Å². The Bertz CT molecular complexity index is 917. The van der Waals surface area contributed by atoms with Gasteiger partial charge in [-0.2, -0.15) is 0 Å². The van der Waals surface area contributed by atoms with Gasteiger partial charge in [0.2, 0.25) is 0 Å². The fraction of sp³-hybridized carbons (Fsp3) is 0.562. The van der Waals surface area contributed by atoms with Crippen LogP contribution >= 0.6 is 0 Å². The molecule has 2 rings (SSSR count). The fourth-order valence-electron chi connectivity index (χ4n) is 3.40. The van der Waals surface area contributed by atoms with Crippen LogP contribution in [0.15, 0.2) is 15.8 Å². The topological polar surface area (TPSA) is 165 Å². The summed E-state index contributed by atoms with van der Waals surface area (Å²) in [5, 5.41) is 20.2. The third kappa shape index (κ3) is 2.74. The van der Waals surface area contributed by atoms with Gasteiger partial charge in [0.25, 0.3) is 16.9 Å². The van der Waals surface area contributed by atoms with Gasteiger partial charge in [-0.1, -0.05) is 0 Å². The molecule has 1 fully saturated rings. The predicted octanol–water partition coefficient (Wildman–Crippen LogP) is -2.27. The van der Waals surface area contributed by atoms with Crippen molar-refractivity contribution in [2.45, 2.75) is 51.2 Å². The molecule has 0 aromatic carbocycles. The third-order valence-corrected chi connectivity index (χ3v) is 4.54. The molecule has 0 bridgehead atoms. The molecule has 1 aliphatic heterocycles. The standard InChI is InChI=1S/C16H20N2O9/c1-7-5-18(14(25)17-13(7)24)16(9(3)21)15(8(2)20,26-10(4)22)12(23)11(6-19)27-16/h5,11-12,19,23H,6H2,1-4H3,(H,17,24,25)/t11-,12-,15-,16-/m1/s1. The Morgan fingerprint density at radius 3 is 2.30 bits per heavy atom. The van der Waals surface area contributed by atoms with E-state index in [1.165, 1.54) is 6.92 Å². The molecule has 1 aliphatic rings. The quantitative estimate of drug-likeness (QED) is 0.475. The van der Waals surface area contributed by atoms with E-state index < -0.39 is 58.9 Å². The maximum atomic E-state index is 12.7. The molecular formula is C16H20N2O9. The zero-order chi connectivity index (χ0) is 20.7. The van der Waals surface area contributed by atoms with Crippen LogP contribution in [-0.4, -0.2) is 61.7 Å². The number of aromatic amines is 1. The molecule has 0 saturated carbocycles. The van der Waals surface area contributed by atoms with E-state index in [0.29, 0.717) is 4.57 Å². The average Bonchev–Trinajstić information content (AvgIpc) is 2.81. The summed E-state index contributed by atoms with van der Waals surface area (Å²) in [6, 6.07) is 0. The van der Waals surface area contributed by atoms with Crippen molar-refractivity contribution in [1.82, 2.24) is 9.55 Å². The first-order valence-corrected chi connectivity index (χ1v) is 7.97. The van der Waals surface area contributed by atoms with Crippen molar-refractivity contribution in [3.05, 3.63) is 32.6 Å². The smallest absolute Gasteiger partial charge is 0.331 e. The second-order valence-electron chi connectivity index (χ2n) is 6.31. The average molecular weight is 384 g/mol. The van der Waals surface area contributed by atoms with Gasteiger partial charge in [-0.3, -0.25) is 28.7 Å². The van der Waals surface area contributed by atoms with Gasteiger partial charge < -0.3 is 19.7 Å². The van der Waals surface area contributed by atoms with Gasteiger partial charge in [0.05, 0.1) is 6.61 Å². The molecular weight excluding hydrogens is 364 g/mol. The van der Waals surface area contributed by atoms with Crippen LogP contribution in [0.1, 0.15) is 26.3 Å². The SMILES string of the molecule is CC(=O)O[C@]1(C(C)=O)[C@H](O)[C@@H](CO)O[C@@]1(C(C)=O)n1cc(C)c(=O)[nH]c1=O. The molecule has 1 aromatic rings. The van der Waals surface area contributed by atoms with Crippen molar-refractivity contribution in [2.75, 3.05) is 6.61 Å². The van der Waals surface area contributed by atoms with Crippen LogP contribution < -0.4 is 11.2 Å². The second kappa shape index (κ2) is 6.83. The van der Waals surface area contributed by atoms with E-state index >= 15 is 0 Å². The molecule has 11 nitrogen and oxygen atoms in total. The summed E-state index contributed by atoms with van der Waals surface area (Å²) >= 11 is 0. The molecule has 3 N–H and O–H groups in total. The van der Waals surface area contributed by atoms with Gasteiger partial charge in [0, 0.05) is 18.7 Å². The summed E-state index contributed by atoms with van der Waals surface area (Å²) in [6.45, 7) is 3.33. The Labute approximate surface area is 152 Å². The van der Waals surface area contributed by atoms with Gasteiger partial charge >= 0.3 is 11.7 Å². The van der Waals surface area contributed by atoms with Crippen molar-refractivity contribution in [2.24, 2.45) is 0 Å². The zero-order valence-electron chi connectivity index (χ0n) is 15.1. The van der Waals surface area contributed by atoms with Crippen LogP contribution in [0.2, 0.25) is 0 Å². The number of nitrogens with zero attached hydrogens (tertiary/aromatic N) is 1. The van der Waals surface area contributed by atoms with Gasteiger partial charge in [0.1, 0.15) is 12.2 Å². The van der Waals surface area contributed by atoms with Crippen molar-refractivity contribution in [3.63, 3.8) is 0 Å². The van der Waals surface area contributed by atoms with E-state index in [2.05, 4.69) is 0 Å². The molecule has 4 atom stereocenters. The monoisotopic (exact) mass is 384 g/mol. The molecule has 11 heteroatoms. The lowest BCUT2D eigenvalue weighted by atomic mass is 9.79. The van der Waals surface area contributed by atoms with Gasteiger partial charge in [-0.25, -0.2) is 4.79 Å². The fourth-order valence-corrected chi connectivity index (χ4v) is 3.40. The maximum absolute atomic E-state index is 12.7. The number of H-pyrrole nitrogens is 1. The maximum Gasteiger partial charge on any atom is 0.331 e. The number of esters is 1. The number of aliphatic hydroxyl groups is 2. The number of ketones is 2. The number of hydrogen-bond acceptors (Lipinski definition) is 9. The minimum absolute atomic E-state index is 0.0129. The number of hydrogen-bond donors (Lipinski definition) is 3. The molecule has 0 unspecified atom stereocenters. The highest BCUT2D eigenvalue weighted by Crippen LogP contribution is 2.47. The number of Topliss-reactive ketones (excluding diaryl/α,β-unsaturated/α-hetero) is 2. The predicted molar refractivity (Wildman–Crippen MR) is 87.9 cm³/mol. The Morgan fingerprint density at radius 1 is 1.26 bits per heavy atom. The van der Waals surface area contributed by atoms with E-state index in [1.807, 2.05) is 4.98 Å². The second-order valence-corrected chi connectivity index (χ2v) is 6.31. The number of ether oxygens (including phenoxy) is 2. The number of aromatic nitrogens is 2. The summed E-state index contributed by atoms with van der Waals surface area (Å²) in [7, 11) is 0. The molecule has 2 heterocycles. The lowest BCUT2D eigenvalue weighted by Gasteiger charge is -2.41. The van der Waals surface area contributed by atoms with Crippen molar-refractivity contribution in [1.29, 1.82) is 0 Å². The number of rotatable bonds is 5. The highest BCUT2D eigenvalue weighted by molar-refractivity contribution is 5.98. The van der Waals surface area contributed by atoms with Gasteiger partial charge in [0.15, 0.2) is 11.6 Å². The zero-order valence-corrected chi connectivity index (χ0v) is 15.1. The van der Waals surface area contributed by atoms with E-state index in [1.54, 1.807) is 0 Å². The number of aliphatic hydroxyl groups excluding tert-OH is 2. The Balaban J connectivity index is 3.02. The number of nitrogens with one attached hydrogen (secondary N) is 1. The van der Waals surface area contributed by atoms with E-state index in [0.717, 1.165) is 27.0 Å². The lowest BCUT2D eigenvalue weighted by molar-refractivity contribution is -0.215. The van der Waals surface area contributed by atoms with Crippen LogP contribution in [0, 0.1) is 6.92 Å². The van der Waals surface area contributed by atoms with Crippen LogP contribution in [0.5, 0.6) is 0 Å². The molecule has 0 radical (unpaired) electrons. The summed E-state index contributed by atoms with van der Waals surface area (Å²) in [5.41, 5.74) is -7.19. The van der Waals surface area contributed by atoms with Crippen LogP contribution in [0.25, 0.3) is 0 Å². The van der Waals surface area contributed by atoms with Crippen molar-refractivity contribution < 1.29 is 34.1 Å². The number of aryl methyl sites for hydroxylation is 1. The molecule has 27 heavy (non-hydrogen) atoms. The molecule has 0 amide bonds. The molecule has 1 saturated heterocycles. The summed E-state index contributed by atoms with van der Waals surface area (Å²) in [4.78, 5) is 63.2. The minimum atomic E-state index is -2.66. The summed E-state index contributed by atoms with van der Waals surface area (Å²) < 4.78 is 11.2. The van der Waals surface area contributed by atoms with Crippen LogP contribution in [0.4, 0.5) is 0 Å². The molecule has 0 aliphatic carbocycles. The first-order valence-electron chi connectivity index (χ1n) is 7.97. The van der Waals surface area contributed by atoms with E-state index in [-0.39, 0.29) is 5.56 Å². The number of carbonyl (C=O) groups excluding carboxylic acids is 3. The summed E-state index contributed by atoms with van der Waals surface area (Å²) in [5.74, 6) is -3.00. The van der Waals surface area contributed by atoms with Crippen LogP contribution in [0.3, 0.4) is 0 Å². The Morgan fingerprint density at radius 2 is 1.85 bits per heavy atom. The Kier molecular flexibility index (Phi) is 5.23. The first-order chi connectivity index (χ1) is 12.5. The highest BCUT2D eigenvalue weighted by Gasteiger charge is 2.75. The Hall–Kier alpha value is -2.63. The largest absolute Gasteiger partial charge is 0.442 e. The molecule has 1 aromatic heterocycles. The van der Waals surface area contributed by atoms with E-state index in [4.69, 9.17) is 9.47 Å². The minimum Gasteiger partial charge on any atom is -0.442 e. The van der Waals surface area contributed by atoms with Crippen molar-refractivity contribution in [3.8, 4) is 0 Å². The highest BCUT2D eigenvalue weighted by atomic mass is 16.6. The van der Waals surface area contributed by atoms with Crippen molar-refractivity contribution >= 4 is 17.5 Å². The number of carbonyl (C=O) groups is 3. The van der Waals surface area contributed by atoms with E-state index in [9.17, 15) is 34.2 Å². The van der Waals surface area contributed by atoms with Gasteiger partial charge in [-0.15, -0.1) is 0 Å². The molecule has 148 valence electrons. The normalized spacial score (nSPS) is 30.1. The lowest BCUT2D eigenvalue weighted by Crippen LogP contribution is -2.69. The van der Waals surface area contributed by atoms with Crippen LogP contribution in [-0.2, 0) is 29.6 Å². The third-order valence-electron chi connectivity index (χ3n) is 4.54. The molecule has 0 spiro atoms.